The number of nitrogens with zero attached hydrogens (tertiary/aromatic N) is 2. The second kappa shape index (κ2) is 7.10. The highest BCUT2D eigenvalue weighted by atomic mass is 35.5. The van der Waals surface area contributed by atoms with E-state index in [0.29, 0.717) is 5.56 Å². The number of carbonyl (C=O) groups excluding carboxylic acids is 2. The highest BCUT2D eigenvalue weighted by Gasteiger charge is 2.37. The summed E-state index contributed by atoms with van der Waals surface area (Å²) in [6.07, 6.45) is 3.36. The number of halogens is 3. The third-order valence-corrected chi connectivity index (χ3v) is 4.76. The topological polar surface area (TPSA) is 50.3 Å². The van der Waals surface area contributed by atoms with Crippen molar-refractivity contribution in [2.75, 3.05) is 4.90 Å². The molecule has 1 aromatic heterocycles. The Morgan fingerprint density at radius 1 is 1.32 bits per heavy atom. The molecule has 1 fully saturated rings. The molecule has 3 rings (SSSR count). The van der Waals surface area contributed by atoms with Crippen LogP contribution in [0.1, 0.15) is 40.5 Å². The molecule has 130 valence electrons. The highest BCUT2D eigenvalue weighted by molar-refractivity contribution is 6.67. The van der Waals surface area contributed by atoms with E-state index in [1.54, 1.807) is 0 Å². The quantitative estimate of drug-likeness (QED) is 0.557. The number of aromatic nitrogens is 1. The van der Waals surface area contributed by atoms with E-state index in [1.807, 2.05) is 6.92 Å². The maximum absolute atomic E-state index is 14.8. The number of rotatable bonds is 5. The standard InChI is InChI=1S/C18H15Cl2FN2O2/c1-10(11-5-6-11)23(18(25)12-7-8-22-15(19)9-12)14-4-2-3-13(16(14)21)17(20)24/h2-4,7-11H,5-6H2,1H3. The zero-order valence-corrected chi connectivity index (χ0v) is 14.9. The van der Waals surface area contributed by atoms with E-state index in [9.17, 15) is 14.0 Å². The van der Waals surface area contributed by atoms with Crippen LogP contribution in [0.25, 0.3) is 0 Å². The first-order chi connectivity index (χ1) is 11.9. The number of hydrogen-bond acceptors (Lipinski definition) is 3. The molecule has 0 N–H and O–H groups in total. The third kappa shape index (κ3) is 3.67. The first-order valence-electron chi connectivity index (χ1n) is 7.83. The molecular weight excluding hydrogens is 366 g/mol. The lowest BCUT2D eigenvalue weighted by atomic mass is 10.1. The van der Waals surface area contributed by atoms with Crippen LogP contribution in [-0.2, 0) is 0 Å². The number of anilines is 1. The summed E-state index contributed by atoms with van der Waals surface area (Å²) in [4.78, 5) is 29.7. The first kappa shape index (κ1) is 17.8. The molecule has 1 aliphatic carbocycles. The van der Waals surface area contributed by atoms with Crippen molar-refractivity contribution in [1.82, 2.24) is 4.98 Å². The van der Waals surface area contributed by atoms with Crippen LogP contribution in [0.4, 0.5) is 10.1 Å². The van der Waals surface area contributed by atoms with Gasteiger partial charge in [0, 0.05) is 17.8 Å². The fourth-order valence-electron chi connectivity index (χ4n) is 2.84. The molecule has 1 aliphatic rings. The second-order valence-corrected chi connectivity index (χ2v) is 6.76. The van der Waals surface area contributed by atoms with E-state index in [4.69, 9.17) is 23.2 Å². The number of amides is 1. The number of benzene rings is 1. The molecule has 2 aromatic rings. The van der Waals surface area contributed by atoms with Gasteiger partial charge in [-0.3, -0.25) is 9.59 Å². The Morgan fingerprint density at radius 2 is 2.04 bits per heavy atom. The van der Waals surface area contributed by atoms with E-state index >= 15 is 0 Å². The normalized spacial score (nSPS) is 14.9. The number of carbonyl (C=O) groups is 2. The van der Waals surface area contributed by atoms with Gasteiger partial charge < -0.3 is 4.90 Å². The summed E-state index contributed by atoms with van der Waals surface area (Å²) in [5.41, 5.74) is 0.0751. The maximum Gasteiger partial charge on any atom is 0.258 e. The minimum absolute atomic E-state index is 0.0313. The number of hydrogen-bond donors (Lipinski definition) is 0. The van der Waals surface area contributed by atoms with Gasteiger partial charge in [0.15, 0.2) is 5.82 Å². The van der Waals surface area contributed by atoms with Crippen LogP contribution in [0.5, 0.6) is 0 Å². The Hall–Kier alpha value is -1.98. The minimum Gasteiger partial charge on any atom is -0.302 e. The van der Waals surface area contributed by atoms with Gasteiger partial charge in [0.25, 0.3) is 11.1 Å². The van der Waals surface area contributed by atoms with Crippen LogP contribution in [-0.4, -0.2) is 22.2 Å². The molecule has 0 aliphatic heterocycles. The van der Waals surface area contributed by atoms with Gasteiger partial charge in [0.05, 0.1) is 11.3 Å². The molecule has 1 amide bonds. The largest absolute Gasteiger partial charge is 0.302 e. The van der Waals surface area contributed by atoms with E-state index in [0.717, 1.165) is 12.8 Å². The average molecular weight is 381 g/mol. The van der Waals surface area contributed by atoms with Crippen LogP contribution >= 0.6 is 23.2 Å². The lowest BCUT2D eigenvalue weighted by Crippen LogP contribution is -2.41. The summed E-state index contributed by atoms with van der Waals surface area (Å²) < 4.78 is 14.8. The highest BCUT2D eigenvalue weighted by Crippen LogP contribution is 2.38. The van der Waals surface area contributed by atoms with Gasteiger partial charge in [0.1, 0.15) is 5.15 Å². The molecule has 1 unspecified atom stereocenters. The van der Waals surface area contributed by atoms with Gasteiger partial charge in [-0.25, -0.2) is 9.37 Å². The minimum atomic E-state index is -0.905. The summed E-state index contributed by atoms with van der Waals surface area (Å²) >= 11 is 11.3. The SMILES string of the molecule is CC(C1CC1)N(C(=O)c1ccnc(Cl)c1)c1cccc(C(=O)Cl)c1F. The van der Waals surface area contributed by atoms with Crippen molar-refractivity contribution in [3.05, 3.63) is 58.6 Å². The monoisotopic (exact) mass is 380 g/mol. The van der Waals surface area contributed by atoms with Crippen molar-refractivity contribution in [2.24, 2.45) is 5.92 Å². The molecule has 0 saturated heterocycles. The zero-order chi connectivity index (χ0) is 18.1. The molecule has 1 heterocycles. The van der Waals surface area contributed by atoms with E-state index in [2.05, 4.69) is 4.98 Å². The van der Waals surface area contributed by atoms with Crippen LogP contribution in [0, 0.1) is 11.7 Å². The van der Waals surface area contributed by atoms with Crippen molar-refractivity contribution >= 4 is 40.0 Å². The third-order valence-electron chi connectivity index (χ3n) is 4.35. The molecular formula is C18H15Cl2FN2O2. The van der Waals surface area contributed by atoms with Crippen molar-refractivity contribution in [1.29, 1.82) is 0 Å². The molecule has 4 nitrogen and oxygen atoms in total. The second-order valence-electron chi connectivity index (χ2n) is 6.03. The zero-order valence-electron chi connectivity index (χ0n) is 13.4. The van der Waals surface area contributed by atoms with Crippen molar-refractivity contribution in [3.8, 4) is 0 Å². The van der Waals surface area contributed by atoms with Gasteiger partial charge in [-0.2, -0.15) is 0 Å². The molecule has 7 heteroatoms. The fraction of sp³-hybridized carbons (Fsp3) is 0.278. The summed E-state index contributed by atoms with van der Waals surface area (Å²) in [7, 11) is 0. The lowest BCUT2D eigenvalue weighted by molar-refractivity contribution is 0.0973. The molecule has 1 aromatic carbocycles. The first-order valence-corrected chi connectivity index (χ1v) is 8.59. The van der Waals surface area contributed by atoms with E-state index in [-0.39, 0.29) is 28.4 Å². The smallest absolute Gasteiger partial charge is 0.258 e. The summed E-state index contributed by atoms with van der Waals surface area (Å²) in [5, 5.41) is -0.729. The van der Waals surface area contributed by atoms with Crippen LogP contribution < -0.4 is 4.90 Å². The Morgan fingerprint density at radius 3 is 2.64 bits per heavy atom. The Bertz CT molecular complexity index is 840. The average Bonchev–Trinajstić information content (AvgIpc) is 3.41. The molecule has 0 radical (unpaired) electrons. The van der Waals surface area contributed by atoms with E-state index in [1.165, 1.54) is 41.4 Å². The van der Waals surface area contributed by atoms with Gasteiger partial charge in [0.2, 0.25) is 0 Å². The lowest BCUT2D eigenvalue weighted by Gasteiger charge is -2.30. The molecule has 1 saturated carbocycles. The molecule has 1 atom stereocenters. The van der Waals surface area contributed by atoms with Gasteiger partial charge in [-0.05, 0) is 61.5 Å². The fourth-order valence-corrected chi connectivity index (χ4v) is 3.16. The van der Waals surface area contributed by atoms with Crippen LogP contribution in [0.2, 0.25) is 5.15 Å². The summed E-state index contributed by atoms with van der Waals surface area (Å²) in [6, 6.07) is 7.00. The summed E-state index contributed by atoms with van der Waals surface area (Å²) in [5.74, 6) is -0.915. The Labute approximate surface area is 154 Å². The molecule has 0 bridgehead atoms. The summed E-state index contributed by atoms with van der Waals surface area (Å²) in [6.45, 7) is 1.87. The van der Waals surface area contributed by atoms with Gasteiger partial charge >= 0.3 is 0 Å². The van der Waals surface area contributed by atoms with Crippen LogP contribution in [0.3, 0.4) is 0 Å². The molecule has 25 heavy (non-hydrogen) atoms. The predicted molar refractivity (Wildman–Crippen MR) is 94.8 cm³/mol. The Kier molecular flexibility index (Phi) is 5.06. The van der Waals surface area contributed by atoms with E-state index < -0.39 is 17.0 Å². The van der Waals surface area contributed by atoms with Crippen LogP contribution in [0.15, 0.2) is 36.5 Å². The van der Waals surface area contributed by atoms with Gasteiger partial charge in [-0.1, -0.05) is 17.7 Å². The predicted octanol–water partition coefficient (Wildman–Crippen LogP) is 4.70. The number of pyridine rings is 1. The van der Waals surface area contributed by atoms with Crippen molar-refractivity contribution in [2.45, 2.75) is 25.8 Å². The van der Waals surface area contributed by atoms with Crippen molar-refractivity contribution in [3.63, 3.8) is 0 Å². The maximum atomic E-state index is 14.8. The molecule has 0 spiro atoms. The van der Waals surface area contributed by atoms with Crippen molar-refractivity contribution < 1.29 is 14.0 Å². The van der Waals surface area contributed by atoms with Gasteiger partial charge in [-0.15, -0.1) is 0 Å². The Balaban J connectivity index is 2.08.